The molecule has 1 aromatic heterocycles. The molecule has 0 aliphatic heterocycles. The number of hydrogen-bond acceptors (Lipinski definition) is 4. The van der Waals surface area contributed by atoms with Gasteiger partial charge in [0.25, 0.3) is 0 Å². The predicted octanol–water partition coefficient (Wildman–Crippen LogP) is 3.22. The average molecular weight is 288 g/mol. The first-order valence-electron chi connectivity index (χ1n) is 7.09. The van der Waals surface area contributed by atoms with Gasteiger partial charge in [0.05, 0.1) is 0 Å². The molecule has 1 aromatic carbocycles. The molecule has 0 radical (unpaired) electrons. The van der Waals surface area contributed by atoms with E-state index in [0.29, 0.717) is 5.95 Å². The maximum atomic E-state index is 5.86. The van der Waals surface area contributed by atoms with Gasteiger partial charge < -0.3 is 5.73 Å². The van der Waals surface area contributed by atoms with E-state index in [1.54, 1.807) is 11.8 Å². The number of fused-ring (bicyclic) bond motifs is 1. The molecular weight excluding hydrogens is 268 g/mol. The molecule has 0 fully saturated rings. The fraction of sp³-hybridized carbons (Fsp3) is 0.467. The van der Waals surface area contributed by atoms with Crippen LogP contribution in [0, 0.1) is 0 Å². The highest BCUT2D eigenvalue weighted by Gasteiger charge is 2.14. The van der Waals surface area contributed by atoms with Crippen LogP contribution in [0.2, 0.25) is 0 Å². The number of benzene rings is 1. The number of nitrogens with zero attached hydrogens (tertiary/aromatic N) is 3. The van der Waals surface area contributed by atoms with Crippen molar-refractivity contribution in [3.63, 3.8) is 0 Å². The van der Waals surface area contributed by atoms with Crippen LogP contribution >= 0.6 is 11.8 Å². The van der Waals surface area contributed by atoms with E-state index in [1.165, 1.54) is 36.0 Å². The van der Waals surface area contributed by atoms with Gasteiger partial charge in [0.1, 0.15) is 0 Å². The number of thioether (sulfide) groups is 1. The summed E-state index contributed by atoms with van der Waals surface area (Å²) in [6, 6.07) is 7.14. The molecule has 0 amide bonds. The molecule has 3 rings (SSSR count). The smallest absolute Gasteiger partial charge is 0.222 e. The summed E-state index contributed by atoms with van der Waals surface area (Å²) in [6.45, 7) is 4.19. The second kappa shape index (κ2) is 5.48. The van der Waals surface area contributed by atoms with E-state index < -0.39 is 0 Å². The normalized spacial score (nSPS) is 13.9. The van der Waals surface area contributed by atoms with Gasteiger partial charge >= 0.3 is 0 Å². The van der Waals surface area contributed by atoms with E-state index in [4.69, 9.17) is 5.73 Å². The molecule has 0 saturated carbocycles. The zero-order valence-corrected chi connectivity index (χ0v) is 12.8. The molecule has 0 saturated heterocycles. The standard InChI is InChI=1S/C15H20N4S/c1-10(2)19-14(16)17-18-15(19)20-9-11-6-7-12-4-3-5-13(12)8-11/h6-8,10H,3-5,9H2,1-2H3,(H2,16,17). The van der Waals surface area contributed by atoms with Crippen molar-refractivity contribution in [2.45, 2.75) is 50.1 Å². The van der Waals surface area contributed by atoms with Crippen molar-refractivity contribution >= 4 is 17.7 Å². The van der Waals surface area contributed by atoms with Crippen molar-refractivity contribution in [1.29, 1.82) is 0 Å². The lowest BCUT2D eigenvalue weighted by molar-refractivity contribution is 0.557. The van der Waals surface area contributed by atoms with Crippen LogP contribution in [0.3, 0.4) is 0 Å². The summed E-state index contributed by atoms with van der Waals surface area (Å²) in [5, 5.41) is 9.05. The predicted molar refractivity (Wildman–Crippen MR) is 82.8 cm³/mol. The minimum atomic E-state index is 0.285. The number of rotatable bonds is 4. The van der Waals surface area contributed by atoms with Gasteiger partial charge in [-0.25, -0.2) is 0 Å². The summed E-state index contributed by atoms with van der Waals surface area (Å²) < 4.78 is 1.98. The summed E-state index contributed by atoms with van der Waals surface area (Å²) >= 11 is 1.70. The Morgan fingerprint density at radius 3 is 2.85 bits per heavy atom. The molecule has 106 valence electrons. The van der Waals surface area contributed by atoms with Gasteiger partial charge in [-0.05, 0) is 49.8 Å². The molecule has 1 aliphatic carbocycles. The molecular formula is C15H20N4S. The van der Waals surface area contributed by atoms with Crippen LogP contribution in [0.1, 0.15) is 43.0 Å². The van der Waals surface area contributed by atoms with E-state index >= 15 is 0 Å². The van der Waals surface area contributed by atoms with Gasteiger partial charge in [-0.2, -0.15) is 0 Å². The Morgan fingerprint density at radius 2 is 2.05 bits per heavy atom. The summed E-state index contributed by atoms with van der Waals surface area (Å²) in [6.07, 6.45) is 3.76. The molecule has 1 aliphatic rings. The Hall–Kier alpha value is -1.49. The highest BCUT2D eigenvalue weighted by Crippen LogP contribution is 2.28. The van der Waals surface area contributed by atoms with E-state index in [2.05, 4.69) is 42.2 Å². The SMILES string of the molecule is CC(C)n1c(N)nnc1SCc1ccc2c(c1)CCC2. The van der Waals surface area contributed by atoms with Crippen LogP contribution in [0.5, 0.6) is 0 Å². The Labute approximate surface area is 123 Å². The molecule has 2 N–H and O–H groups in total. The van der Waals surface area contributed by atoms with E-state index in [-0.39, 0.29) is 6.04 Å². The van der Waals surface area contributed by atoms with Crippen LogP contribution < -0.4 is 5.73 Å². The van der Waals surface area contributed by atoms with Gasteiger partial charge in [-0.1, -0.05) is 30.0 Å². The van der Waals surface area contributed by atoms with E-state index in [0.717, 1.165) is 10.9 Å². The van der Waals surface area contributed by atoms with Crippen molar-refractivity contribution in [2.75, 3.05) is 5.73 Å². The largest absolute Gasteiger partial charge is 0.368 e. The highest BCUT2D eigenvalue weighted by atomic mass is 32.2. The fourth-order valence-corrected chi connectivity index (χ4v) is 3.75. The fourth-order valence-electron chi connectivity index (χ4n) is 2.74. The molecule has 0 bridgehead atoms. The van der Waals surface area contributed by atoms with Gasteiger partial charge in [0, 0.05) is 11.8 Å². The van der Waals surface area contributed by atoms with Gasteiger partial charge in [0.2, 0.25) is 5.95 Å². The third kappa shape index (κ3) is 2.54. The summed E-state index contributed by atoms with van der Waals surface area (Å²) in [5.41, 5.74) is 10.3. The van der Waals surface area contributed by atoms with Crippen LogP contribution in [-0.2, 0) is 18.6 Å². The van der Waals surface area contributed by atoms with Crippen LogP contribution in [-0.4, -0.2) is 14.8 Å². The number of anilines is 1. The lowest BCUT2D eigenvalue weighted by Crippen LogP contribution is -2.07. The maximum Gasteiger partial charge on any atom is 0.222 e. The van der Waals surface area contributed by atoms with Crippen molar-refractivity contribution in [3.8, 4) is 0 Å². The maximum absolute atomic E-state index is 5.86. The zero-order valence-electron chi connectivity index (χ0n) is 12.0. The average Bonchev–Trinajstić information content (AvgIpc) is 3.01. The number of aromatic nitrogens is 3. The van der Waals surface area contributed by atoms with Gasteiger partial charge in [-0.3, -0.25) is 4.57 Å². The van der Waals surface area contributed by atoms with Crippen molar-refractivity contribution in [3.05, 3.63) is 34.9 Å². The summed E-state index contributed by atoms with van der Waals surface area (Å²) in [7, 11) is 0. The minimum Gasteiger partial charge on any atom is -0.368 e. The quantitative estimate of drug-likeness (QED) is 0.878. The van der Waals surface area contributed by atoms with Gasteiger partial charge in [-0.15, -0.1) is 10.2 Å². The molecule has 4 nitrogen and oxygen atoms in total. The molecule has 0 atom stereocenters. The lowest BCUT2D eigenvalue weighted by atomic mass is 10.1. The Kier molecular flexibility index (Phi) is 3.70. The molecule has 1 heterocycles. The number of aryl methyl sites for hydroxylation is 2. The topological polar surface area (TPSA) is 56.7 Å². The molecule has 0 spiro atoms. The third-order valence-electron chi connectivity index (χ3n) is 3.74. The van der Waals surface area contributed by atoms with Crippen molar-refractivity contribution in [2.24, 2.45) is 0 Å². The lowest BCUT2D eigenvalue weighted by Gasteiger charge is -2.11. The van der Waals surface area contributed by atoms with E-state index in [9.17, 15) is 0 Å². The molecule has 0 unspecified atom stereocenters. The highest BCUT2D eigenvalue weighted by molar-refractivity contribution is 7.98. The monoisotopic (exact) mass is 288 g/mol. The summed E-state index contributed by atoms with van der Waals surface area (Å²) in [5.74, 6) is 1.41. The van der Waals surface area contributed by atoms with Gasteiger partial charge in [0.15, 0.2) is 5.16 Å². The second-order valence-corrected chi connectivity index (χ2v) is 6.49. The first kappa shape index (κ1) is 13.5. The second-order valence-electron chi connectivity index (χ2n) is 5.55. The Balaban J connectivity index is 1.74. The Bertz CT molecular complexity index is 618. The zero-order chi connectivity index (χ0) is 14.1. The molecule has 5 heteroatoms. The van der Waals surface area contributed by atoms with E-state index in [1.807, 2.05) is 4.57 Å². The summed E-state index contributed by atoms with van der Waals surface area (Å²) in [4.78, 5) is 0. The first-order valence-corrected chi connectivity index (χ1v) is 8.07. The first-order chi connectivity index (χ1) is 9.65. The molecule has 20 heavy (non-hydrogen) atoms. The molecule has 2 aromatic rings. The minimum absolute atomic E-state index is 0.285. The van der Waals surface area contributed by atoms with Crippen LogP contribution in [0.25, 0.3) is 0 Å². The van der Waals surface area contributed by atoms with Crippen molar-refractivity contribution < 1.29 is 0 Å². The Morgan fingerprint density at radius 1 is 1.25 bits per heavy atom. The van der Waals surface area contributed by atoms with Crippen LogP contribution in [0.4, 0.5) is 5.95 Å². The third-order valence-corrected chi connectivity index (χ3v) is 4.75. The van der Waals surface area contributed by atoms with Crippen LogP contribution in [0.15, 0.2) is 23.4 Å². The number of nitrogen functional groups attached to an aromatic ring is 1. The number of nitrogens with two attached hydrogens (primary N) is 1. The van der Waals surface area contributed by atoms with Crippen molar-refractivity contribution in [1.82, 2.24) is 14.8 Å². The number of hydrogen-bond donors (Lipinski definition) is 1.